The molecule has 2 bridgehead atoms. The van der Waals surface area contributed by atoms with Gasteiger partial charge in [-0.2, -0.15) is 0 Å². The largest absolute Gasteiger partial charge is 0.573 e. The van der Waals surface area contributed by atoms with Crippen LogP contribution in [-0.2, 0) is 6.54 Å². The number of ketones is 1. The maximum atomic E-state index is 12.9. The molecule has 0 amide bonds. The van der Waals surface area contributed by atoms with Gasteiger partial charge in [0.25, 0.3) is 0 Å². The lowest BCUT2D eigenvalue weighted by Gasteiger charge is -2.38. The third kappa shape index (κ3) is 4.22. The van der Waals surface area contributed by atoms with Crippen molar-refractivity contribution in [2.75, 3.05) is 0 Å². The fraction of sp³-hybridized carbons (Fsp3) is 0.409. The molecule has 3 nitrogen and oxygen atoms in total. The number of hydrogen-bond donors (Lipinski definition) is 0. The van der Waals surface area contributed by atoms with E-state index in [2.05, 4.69) is 21.8 Å². The molecule has 2 aliphatic heterocycles. The highest BCUT2D eigenvalue weighted by molar-refractivity contribution is 5.98. The maximum absolute atomic E-state index is 12.9. The minimum Gasteiger partial charge on any atom is -0.406 e. The lowest BCUT2D eigenvalue weighted by Crippen LogP contribution is -2.44. The van der Waals surface area contributed by atoms with Crippen LogP contribution in [0.15, 0.2) is 54.6 Å². The van der Waals surface area contributed by atoms with Crippen LogP contribution in [0.1, 0.15) is 41.6 Å². The summed E-state index contributed by atoms with van der Waals surface area (Å²) in [6.07, 6.45) is -1.11. The highest BCUT2D eigenvalue weighted by Crippen LogP contribution is 2.41. The Morgan fingerprint density at radius 3 is 2.32 bits per heavy atom. The van der Waals surface area contributed by atoms with Crippen molar-refractivity contribution < 1.29 is 22.7 Å². The average Bonchev–Trinajstić information content (AvgIpc) is 2.88. The third-order valence-corrected chi connectivity index (χ3v) is 5.82. The van der Waals surface area contributed by atoms with Crippen LogP contribution in [0, 0.1) is 5.92 Å². The minimum atomic E-state index is -4.76. The first kappa shape index (κ1) is 19.0. The average molecular weight is 389 g/mol. The number of carbonyl (C=O) groups excluding carboxylic acids is 1. The van der Waals surface area contributed by atoms with E-state index < -0.39 is 6.36 Å². The van der Waals surface area contributed by atoms with Crippen LogP contribution in [-0.4, -0.2) is 29.1 Å². The predicted molar refractivity (Wildman–Crippen MR) is 99.0 cm³/mol. The number of benzene rings is 2. The molecule has 0 N–H and O–H groups in total. The predicted octanol–water partition coefficient (Wildman–Crippen LogP) is 5.21. The van der Waals surface area contributed by atoms with Crippen LogP contribution >= 0.6 is 0 Å². The number of Topliss-reactive ketones (excluding diaryl/α,β-unsaturated/α-hetero) is 1. The first-order valence-corrected chi connectivity index (χ1v) is 9.59. The molecule has 28 heavy (non-hydrogen) atoms. The monoisotopic (exact) mass is 389 g/mol. The van der Waals surface area contributed by atoms with Crippen molar-refractivity contribution in [2.45, 2.75) is 50.7 Å². The van der Waals surface area contributed by atoms with Crippen molar-refractivity contribution in [3.05, 3.63) is 65.7 Å². The van der Waals surface area contributed by atoms with E-state index in [-0.39, 0.29) is 17.5 Å². The molecule has 2 unspecified atom stereocenters. The van der Waals surface area contributed by atoms with Crippen molar-refractivity contribution in [3.63, 3.8) is 0 Å². The molecule has 148 valence electrons. The summed E-state index contributed by atoms with van der Waals surface area (Å²) >= 11 is 0. The number of halogens is 3. The van der Waals surface area contributed by atoms with Crippen LogP contribution in [0.3, 0.4) is 0 Å². The molecule has 0 aromatic heterocycles. The van der Waals surface area contributed by atoms with Gasteiger partial charge in [0.05, 0.1) is 0 Å². The lowest BCUT2D eigenvalue weighted by molar-refractivity contribution is -0.274. The van der Waals surface area contributed by atoms with E-state index in [0.717, 1.165) is 32.2 Å². The summed E-state index contributed by atoms with van der Waals surface area (Å²) in [6.45, 7) is 0.881. The number of nitrogens with zero attached hydrogens (tertiary/aromatic N) is 1. The van der Waals surface area contributed by atoms with Gasteiger partial charge in [0, 0.05) is 30.1 Å². The van der Waals surface area contributed by atoms with Gasteiger partial charge in [0.2, 0.25) is 0 Å². The molecule has 4 rings (SSSR count). The van der Waals surface area contributed by atoms with Crippen molar-refractivity contribution >= 4 is 5.78 Å². The Morgan fingerprint density at radius 2 is 1.68 bits per heavy atom. The first-order valence-electron chi connectivity index (χ1n) is 9.59. The number of piperidine rings is 1. The first-order chi connectivity index (χ1) is 13.4. The molecule has 2 aromatic carbocycles. The smallest absolute Gasteiger partial charge is 0.406 e. The van der Waals surface area contributed by atoms with Gasteiger partial charge in [-0.25, -0.2) is 0 Å². The Hall–Kier alpha value is -2.34. The third-order valence-electron chi connectivity index (χ3n) is 5.82. The normalized spacial score (nSPS) is 24.9. The van der Waals surface area contributed by atoms with E-state index in [1.54, 1.807) is 6.07 Å². The molecule has 2 heterocycles. The number of carbonyl (C=O) groups is 1. The summed E-state index contributed by atoms with van der Waals surface area (Å²) in [5, 5.41) is 0. The molecule has 0 aliphatic carbocycles. The molecule has 0 saturated carbocycles. The molecule has 2 aliphatic rings. The number of fused-ring (bicyclic) bond motifs is 2. The summed E-state index contributed by atoms with van der Waals surface area (Å²) in [6, 6.07) is 16.4. The van der Waals surface area contributed by atoms with Gasteiger partial charge in [0.1, 0.15) is 5.75 Å². The van der Waals surface area contributed by atoms with E-state index >= 15 is 0 Å². The fourth-order valence-corrected chi connectivity index (χ4v) is 4.62. The zero-order chi connectivity index (χ0) is 19.7. The number of ether oxygens (including phenoxy) is 1. The Kier molecular flexibility index (Phi) is 5.15. The Balaban J connectivity index is 1.44. The van der Waals surface area contributed by atoms with Gasteiger partial charge in [-0.15, -0.1) is 13.2 Å². The van der Waals surface area contributed by atoms with Crippen LogP contribution in [0.5, 0.6) is 5.75 Å². The molecular weight excluding hydrogens is 367 g/mol. The second-order valence-electron chi connectivity index (χ2n) is 7.65. The standard InChI is InChI=1S/C22H22F3NO2/c23-22(24,25)28-20-8-4-7-16(13-20)21(27)17-11-18-9-10-19(12-17)26(18)14-15-5-2-1-3-6-15/h1-8,13,17-19H,9-12,14H2. The highest BCUT2D eigenvalue weighted by atomic mass is 19.4. The summed E-state index contributed by atoms with van der Waals surface area (Å²) in [7, 11) is 0. The Labute approximate surface area is 162 Å². The zero-order valence-electron chi connectivity index (χ0n) is 15.4. The molecule has 2 saturated heterocycles. The molecule has 0 spiro atoms. The second-order valence-corrected chi connectivity index (χ2v) is 7.65. The number of rotatable bonds is 5. The SMILES string of the molecule is O=C(c1cccc(OC(F)(F)F)c1)C1CC2CCC(C1)N2Cc1ccccc1. The maximum Gasteiger partial charge on any atom is 0.573 e. The summed E-state index contributed by atoms with van der Waals surface area (Å²) in [4.78, 5) is 15.4. The summed E-state index contributed by atoms with van der Waals surface area (Å²) in [5.41, 5.74) is 1.56. The Morgan fingerprint density at radius 1 is 1.00 bits per heavy atom. The second kappa shape index (κ2) is 7.59. The highest BCUT2D eigenvalue weighted by Gasteiger charge is 2.42. The van der Waals surface area contributed by atoms with Gasteiger partial charge in [-0.3, -0.25) is 9.69 Å². The topological polar surface area (TPSA) is 29.5 Å². The van der Waals surface area contributed by atoms with Gasteiger partial charge in [0.15, 0.2) is 5.78 Å². The molecule has 2 aromatic rings. The van der Waals surface area contributed by atoms with Gasteiger partial charge in [-0.1, -0.05) is 42.5 Å². The van der Waals surface area contributed by atoms with E-state index in [1.165, 1.54) is 23.8 Å². The van der Waals surface area contributed by atoms with E-state index in [1.807, 2.05) is 18.2 Å². The van der Waals surface area contributed by atoms with Gasteiger partial charge >= 0.3 is 6.36 Å². The lowest BCUT2D eigenvalue weighted by atomic mass is 9.84. The minimum absolute atomic E-state index is 0.0797. The van der Waals surface area contributed by atoms with Crippen molar-refractivity contribution in [1.82, 2.24) is 4.90 Å². The summed E-state index contributed by atoms with van der Waals surface area (Å²) < 4.78 is 41.3. The van der Waals surface area contributed by atoms with Crippen LogP contribution < -0.4 is 4.74 Å². The Bertz CT molecular complexity index is 823. The number of alkyl halides is 3. The quantitative estimate of drug-likeness (QED) is 0.658. The molecular formula is C22H22F3NO2. The molecule has 0 radical (unpaired) electrons. The van der Waals surface area contributed by atoms with Crippen LogP contribution in [0.25, 0.3) is 0 Å². The van der Waals surface area contributed by atoms with E-state index in [9.17, 15) is 18.0 Å². The number of hydrogen-bond acceptors (Lipinski definition) is 3. The van der Waals surface area contributed by atoms with Crippen molar-refractivity contribution in [2.24, 2.45) is 5.92 Å². The fourth-order valence-electron chi connectivity index (χ4n) is 4.62. The summed E-state index contributed by atoms with van der Waals surface area (Å²) in [5.74, 6) is -0.572. The van der Waals surface area contributed by atoms with E-state index in [0.29, 0.717) is 17.6 Å². The molecule has 6 heteroatoms. The van der Waals surface area contributed by atoms with Crippen molar-refractivity contribution in [1.29, 1.82) is 0 Å². The van der Waals surface area contributed by atoms with Crippen LogP contribution in [0.4, 0.5) is 13.2 Å². The van der Waals surface area contributed by atoms with E-state index in [4.69, 9.17) is 0 Å². The molecule has 2 fully saturated rings. The van der Waals surface area contributed by atoms with Gasteiger partial charge in [-0.05, 0) is 43.4 Å². The van der Waals surface area contributed by atoms with Gasteiger partial charge < -0.3 is 4.74 Å². The molecule has 2 atom stereocenters. The zero-order valence-corrected chi connectivity index (χ0v) is 15.4. The van der Waals surface area contributed by atoms with Crippen LogP contribution in [0.2, 0.25) is 0 Å². The van der Waals surface area contributed by atoms with Crippen molar-refractivity contribution in [3.8, 4) is 5.75 Å².